The molecule has 0 heterocycles. The lowest BCUT2D eigenvalue weighted by molar-refractivity contribution is -0.166. The second-order valence-corrected chi connectivity index (χ2v) is 17.0. The van der Waals surface area contributed by atoms with Gasteiger partial charge in [-0.05, 0) is 128 Å². The van der Waals surface area contributed by atoms with Gasteiger partial charge < -0.3 is 14.2 Å². The van der Waals surface area contributed by atoms with E-state index in [4.69, 9.17) is 14.2 Å². The summed E-state index contributed by atoms with van der Waals surface area (Å²) >= 11 is 0. The first kappa shape index (κ1) is 64.8. The van der Waals surface area contributed by atoms with Crippen LogP contribution in [0, 0.1) is 0 Å². The number of esters is 3. The van der Waals surface area contributed by atoms with Gasteiger partial charge in [0.2, 0.25) is 0 Å². The molecule has 0 saturated carbocycles. The third-order valence-corrected chi connectivity index (χ3v) is 10.5. The van der Waals surface area contributed by atoms with Crippen LogP contribution in [0.5, 0.6) is 0 Å². The molecule has 0 rings (SSSR count). The van der Waals surface area contributed by atoms with Crippen molar-refractivity contribution in [1.29, 1.82) is 0 Å². The van der Waals surface area contributed by atoms with Crippen molar-refractivity contribution in [1.82, 2.24) is 0 Å². The smallest absolute Gasteiger partial charge is 0.306 e. The second kappa shape index (κ2) is 56.4. The lowest BCUT2D eigenvalue weighted by atomic mass is 10.1. The van der Waals surface area contributed by atoms with Crippen molar-refractivity contribution < 1.29 is 28.6 Å². The minimum Gasteiger partial charge on any atom is -0.462 e. The number of hydrogen-bond acceptors (Lipinski definition) is 6. The number of unbranched alkanes of at least 4 members (excludes halogenated alkanes) is 7. The van der Waals surface area contributed by atoms with Crippen molar-refractivity contribution in [3.8, 4) is 0 Å². The molecule has 6 heteroatoms. The van der Waals surface area contributed by atoms with E-state index in [-0.39, 0.29) is 38.0 Å². The van der Waals surface area contributed by atoms with Gasteiger partial charge in [-0.3, -0.25) is 14.4 Å². The predicted octanol–water partition coefficient (Wildman–Crippen LogP) is 18.4. The van der Waals surface area contributed by atoms with Crippen molar-refractivity contribution in [2.24, 2.45) is 0 Å². The highest BCUT2D eigenvalue weighted by Crippen LogP contribution is 2.11. The largest absolute Gasteiger partial charge is 0.462 e. The molecule has 0 fully saturated rings. The zero-order valence-corrected chi connectivity index (χ0v) is 44.2. The van der Waals surface area contributed by atoms with Crippen LogP contribution in [-0.2, 0) is 28.6 Å². The van der Waals surface area contributed by atoms with E-state index < -0.39 is 12.1 Å². The summed E-state index contributed by atoms with van der Waals surface area (Å²) in [6, 6.07) is 0. The Labute approximate surface area is 428 Å². The molecular weight excluding hydrogens is 865 g/mol. The molecule has 0 aliphatic rings. The van der Waals surface area contributed by atoms with E-state index in [0.717, 1.165) is 128 Å². The van der Waals surface area contributed by atoms with Crippen LogP contribution in [0.3, 0.4) is 0 Å². The molecular formula is C64H96O6. The summed E-state index contributed by atoms with van der Waals surface area (Å²) in [7, 11) is 0. The summed E-state index contributed by atoms with van der Waals surface area (Å²) in [6.07, 6.45) is 83.5. The Morgan fingerprint density at radius 1 is 0.286 bits per heavy atom. The number of rotatable bonds is 46. The number of hydrogen-bond donors (Lipinski definition) is 0. The molecule has 388 valence electrons. The number of carbonyl (C=O) groups excluding carboxylic acids is 3. The topological polar surface area (TPSA) is 78.9 Å². The minimum absolute atomic E-state index is 0.140. The average molecular weight is 961 g/mol. The zero-order valence-electron chi connectivity index (χ0n) is 44.2. The molecule has 1 unspecified atom stereocenters. The van der Waals surface area contributed by atoms with Gasteiger partial charge in [0.15, 0.2) is 6.10 Å². The summed E-state index contributed by atoms with van der Waals surface area (Å²) in [6.45, 7) is 6.15. The molecule has 70 heavy (non-hydrogen) atoms. The quantitative estimate of drug-likeness (QED) is 0.0262. The number of ether oxygens (including phenoxy) is 3. The highest BCUT2D eigenvalue weighted by Gasteiger charge is 2.19. The summed E-state index contributed by atoms with van der Waals surface area (Å²) < 4.78 is 16.7. The molecule has 0 aliphatic heterocycles. The highest BCUT2D eigenvalue weighted by atomic mass is 16.6. The van der Waals surface area contributed by atoms with Crippen molar-refractivity contribution in [2.75, 3.05) is 13.2 Å². The second-order valence-electron chi connectivity index (χ2n) is 17.0. The molecule has 0 spiro atoms. The third kappa shape index (κ3) is 53.7. The van der Waals surface area contributed by atoms with Crippen LogP contribution in [-0.4, -0.2) is 37.2 Å². The van der Waals surface area contributed by atoms with Crippen LogP contribution < -0.4 is 0 Å². The van der Waals surface area contributed by atoms with Crippen LogP contribution >= 0.6 is 0 Å². The SMILES string of the molecule is CC/C=C\C/C=C\C/C=C\C/C=C\C/C=C\C/C=C\CCC(=O)OCC(COC(=O)CCCCCCCC/C=C\C/C=C\C/C=C\CC)OC(=O)CCC/C=C\C/C=C\C/C=C\C/C=C\C/C=C\CC. The fourth-order valence-corrected chi connectivity index (χ4v) is 6.52. The van der Waals surface area contributed by atoms with Crippen LogP contribution in [0.2, 0.25) is 0 Å². The first-order chi connectivity index (χ1) is 34.5. The molecule has 0 aromatic heterocycles. The lowest BCUT2D eigenvalue weighted by Gasteiger charge is -2.18. The van der Waals surface area contributed by atoms with Crippen molar-refractivity contribution >= 4 is 17.9 Å². The zero-order chi connectivity index (χ0) is 50.7. The van der Waals surface area contributed by atoms with Crippen molar-refractivity contribution in [2.45, 2.75) is 200 Å². The first-order valence-electron chi connectivity index (χ1n) is 27.1. The Morgan fingerprint density at radius 2 is 0.557 bits per heavy atom. The fourth-order valence-electron chi connectivity index (χ4n) is 6.52. The van der Waals surface area contributed by atoms with Crippen LogP contribution in [0.15, 0.2) is 170 Å². The summed E-state index contributed by atoms with van der Waals surface area (Å²) in [5.74, 6) is -1.11. The molecule has 0 aliphatic carbocycles. The van der Waals surface area contributed by atoms with E-state index in [2.05, 4.69) is 179 Å². The Kier molecular flexibility index (Phi) is 52.1. The minimum atomic E-state index is -0.854. The molecule has 0 amide bonds. The first-order valence-corrected chi connectivity index (χ1v) is 27.1. The maximum absolute atomic E-state index is 12.8. The summed E-state index contributed by atoms with van der Waals surface area (Å²) in [5.41, 5.74) is 0. The molecule has 0 aromatic rings. The maximum Gasteiger partial charge on any atom is 0.306 e. The van der Waals surface area contributed by atoms with Gasteiger partial charge in [0, 0.05) is 19.3 Å². The molecule has 6 nitrogen and oxygen atoms in total. The van der Waals surface area contributed by atoms with Gasteiger partial charge >= 0.3 is 17.9 Å². The van der Waals surface area contributed by atoms with Crippen LogP contribution in [0.25, 0.3) is 0 Å². The van der Waals surface area contributed by atoms with Gasteiger partial charge in [-0.25, -0.2) is 0 Å². The van der Waals surface area contributed by atoms with Crippen molar-refractivity contribution in [3.63, 3.8) is 0 Å². The number of allylic oxidation sites excluding steroid dienone is 28. The molecule has 0 N–H and O–H groups in total. The monoisotopic (exact) mass is 961 g/mol. The summed E-state index contributed by atoms with van der Waals surface area (Å²) in [4.78, 5) is 38.1. The molecule has 0 aromatic carbocycles. The molecule has 0 saturated heterocycles. The molecule has 1 atom stereocenters. The van der Waals surface area contributed by atoms with Crippen LogP contribution in [0.4, 0.5) is 0 Å². The van der Waals surface area contributed by atoms with Crippen molar-refractivity contribution in [3.05, 3.63) is 170 Å². The fraction of sp³-hybridized carbons (Fsp3) is 0.516. The predicted molar refractivity (Wildman–Crippen MR) is 301 cm³/mol. The maximum atomic E-state index is 12.8. The van der Waals surface area contributed by atoms with Gasteiger partial charge in [-0.15, -0.1) is 0 Å². The average Bonchev–Trinajstić information content (AvgIpc) is 3.36. The number of carbonyl (C=O) groups is 3. The highest BCUT2D eigenvalue weighted by molar-refractivity contribution is 5.71. The van der Waals surface area contributed by atoms with E-state index in [9.17, 15) is 14.4 Å². The van der Waals surface area contributed by atoms with E-state index in [1.54, 1.807) is 0 Å². The standard InChI is InChI=1S/C64H96O6/c1-4-7-10-13-16-19-22-25-28-31-32-34-36-39-42-45-48-51-54-57-63(66)69-60-61(59-68-62(65)56-53-50-47-44-41-38-35-30-27-24-21-18-15-12-9-6-3)70-64(67)58-55-52-49-46-43-40-37-33-29-26-23-20-17-14-11-8-5-2/h7-12,16-21,25-30,32,34,37,39-40,42,46,48-49,51,61H,4-6,13-15,22-24,31,33,35-36,38,41,43-45,47,50,52-60H2,1-3H3/b10-7-,11-8-,12-9-,19-16-,20-17-,21-18-,28-25-,29-26-,30-27-,34-32-,40-37-,42-39-,49-46-,51-48-. The van der Waals surface area contributed by atoms with E-state index in [1.165, 1.54) is 12.8 Å². The third-order valence-electron chi connectivity index (χ3n) is 10.5. The van der Waals surface area contributed by atoms with Gasteiger partial charge in [0.05, 0.1) is 0 Å². The van der Waals surface area contributed by atoms with Gasteiger partial charge in [-0.2, -0.15) is 0 Å². The van der Waals surface area contributed by atoms with E-state index in [0.29, 0.717) is 19.3 Å². The van der Waals surface area contributed by atoms with Gasteiger partial charge in [0.1, 0.15) is 13.2 Å². The lowest BCUT2D eigenvalue weighted by Crippen LogP contribution is -2.30. The van der Waals surface area contributed by atoms with Gasteiger partial charge in [0.25, 0.3) is 0 Å². The normalized spacial score (nSPS) is 13.5. The Morgan fingerprint density at radius 3 is 0.929 bits per heavy atom. The Bertz CT molecular complexity index is 1670. The van der Waals surface area contributed by atoms with Crippen LogP contribution in [0.1, 0.15) is 194 Å². The van der Waals surface area contributed by atoms with Gasteiger partial charge in [-0.1, -0.05) is 217 Å². The Balaban J connectivity index is 4.66. The molecule has 0 bridgehead atoms. The van der Waals surface area contributed by atoms with E-state index in [1.807, 2.05) is 12.2 Å². The van der Waals surface area contributed by atoms with E-state index >= 15 is 0 Å². The Hall–Kier alpha value is -5.23. The molecule has 0 radical (unpaired) electrons. The summed E-state index contributed by atoms with van der Waals surface area (Å²) in [5, 5.41) is 0.